The number of rotatable bonds is 4. The summed E-state index contributed by atoms with van der Waals surface area (Å²) in [5.74, 6) is 0.812. The molecule has 0 bridgehead atoms. The van der Waals surface area contributed by atoms with Crippen LogP contribution in [0.3, 0.4) is 0 Å². The van der Waals surface area contributed by atoms with Gasteiger partial charge in [-0.1, -0.05) is 17.7 Å². The van der Waals surface area contributed by atoms with Gasteiger partial charge >= 0.3 is 0 Å². The van der Waals surface area contributed by atoms with Crippen molar-refractivity contribution in [3.63, 3.8) is 0 Å². The Morgan fingerprint density at radius 3 is 2.85 bits per heavy atom. The molecule has 0 fully saturated rings. The Kier molecular flexibility index (Phi) is 3.84. The highest BCUT2D eigenvalue weighted by Gasteiger charge is 1.98. The van der Waals surface area contributed by atoms with Crippen molar-refractivity contribution in [2.75, 3.05) is 7.11 Å². The van der Waals surface area contributed by atoms with E-state index in [9.17, 15) is 0 Å². The average molecular weight is 197 g/mol. The molecular formula is C11H13ClO. The summed E-state index contributed by atoms with van der Waals surface area (Å²) >= 11 is 5.90. The molecule has 0 aliphatic heterocycles. The first kappa shape index (κ1) is 10.1. The van der Waals surface area contributed by atoms with E-state index in [0.717, 1.165) is 23.6 Å². The first-order chi connectivity index (χ1) is 6.26. The summed E-state index contributed by atoms with van der Waals surface area (Å²) in [5.41, 5.74) is 1.18. The van der Waals surface area contributed by atoms with Gasteiger partial charge in [-0.25, -0.2) is 0 Å². The Bertz CT molecular complexity index is 294. The van der Waals surface area contributed by atoms with Crippen LogP contribution >= 0.6 is 11.6 Å². The normalized spacial score (nSPS) is 9.69. The summed E-state index contributed by atoms with van der Waals surface area (Å²) in [6, 6.07) is 5.75. The summed E-state index contributed by atoms with van der Waals surface area (Å²) in [6.45, 7) is 3.68. The zero-order valence-corrected chi connectivity index (χ0v) is 8.47. The van der Waals surface area contributed by atoms with E-state index in [4.69, 9.17) is 16.3 Å². The van der Waals surface area contributed by atoms with Crippen molar-refractivity contribution in [3.8, 4) is 5.75 Å². The van der Waals surface area contributed by atoms with Crippen molar-refractivity contribution < 1.29 is 4.74 Å². The van der Waals surface area contributed by atoms with Crippen LogP contribution in [-0.4, -0.2) is 7.11 Å². The topological polar surface area (TPSA) is 9.23 Å². The van der Waals surface area contributed by atoms with Gasteiger partial charge in [0.05, 0.1) is 7.11 Å². The monoisotopic (exact) mass is 196 g/mol. The fourth-order valence-corrected chi connectivity index (χ4v) is 1.40. The third-order valence-corrected chi connectivity index (χ3v) is 2.02. The highest BCUT2D eigenvalue weighted by Crippen LogP contribution is 2.21. The molecule has 0 amide bonds. The Morgan fingerprint density at radius 1 is 1.46 bits per heavy atom. The second kappa shape index (κ2) is 4.93. The molecule has 0 radical (unpaired) electrons. The molecule has 1 aromatic carbocycles. The van der Waals surface area contributed by atoms with Crippen LogP contribution in [0.25, 0.3) is 0 Å². The van der Waals surface area contributed by atoms with Crippen LogP contribution < -0.4 is 4.74 Å². The van der Waals surface area contributed by atoms with Gasteiger partial charge < -0.3 is 4.74 Å². The van der Waals surface area contributed by atoms with E-state index in [-0.39, 0.29) is 0 Å². The number of benzene rings is 1. The first-order valence-electron chi connectivity index (χ1n) is 4.20. The van der Waals surface area contributed by atoms with Gasteiger partial charge in [0, 0.05) is 5.02 Å². The van der Waals surface area contributed by atoms with Crippen molar-refractivity contribution in [3.05, 3.63) is 41.4 Å². The van der Waals surface area contributed by atoms with Crippen molar-refractivity contribution >= 4 is 11.6 Å². The van der Waals surface area contributed by atoms with Crippen LogP contribution in [0.1, 0.15) is 12.0 Å². The molecule has 0 aromatic heterocycles. The largest absolute Gasteiger partial charge is 0.497 e. The summed E-state index contributed by atoms with van der Waals surface area (Å²) in [5, 5.41) is 0.721. The Balaban J connectivity index is 2.81. The van der Waals surface area contributed by atoms with Crippen LogP contribution in [0.15, 0.2) is 30.9 Å². The fraction of sp³-hybridized carbons (Fsp3) is 0.273. The summed E-state index contributed by atoms with van der Waals surface area (Å²) in [7, 11) is 1.64. The molecule has 1 rings (SSSR count). The third kappa shape index (κ3) is 3.11. The maximum absolute atomic E-state index is 5.90. The van der Waals surface area contributed by atoms with Crippen molar-refractivity contribution in [2.24, 2.45) is 0 Å². The minimum absolute atomic E-state index is 0.721. The number of ether oxygens (including phenoxy) is 1. The zero-order chi connectivity index (χ0) is 9.68. The molecule has 13 heavy (non-hydrogen) atoms. The van der Waals surface area contributed by atoms with Gasteiger partial charge in [0.2, 0.25) is 0 Å². The lowest BCUT2D eigenvalue weighted by atomic mass is 10.1. The van der Waals surface area contributed by atoms with Crippen LogP contribution in [0.2, 0.25) is 5.02 Å². The second-order valence-electron chi connectivity index (χ2n) is 2.83. The molecule has 0 aliphatic carbocycles. The molecule has 0 atom stereocenters. The van der Waals surface area contributed by atoms with Crippen molar-refractivity contribution in [1.82, 2.24) is 0 Å². The number of allylic oxidation sites excluding steroid dienone is 1. The SMILES string of the molecule is C=CCCc1cc(Cl)cc(OC)c1. The number of methoxy groups -OCH3 is 1. The molecule has 0 saturated carbocycles. The molecule has 0 heterocycles. The lowest BCUT2D eigenvalue weighted by Gasteiger charge is -2.04. The van der Waals surface area contributed by atoms with Crippen LogP contribution in [0.5, 0.6) is 5.75 Å². The molecule has 0 unspecified atom stereocenters. The predicted molar refractivity (Wildman–Crippen MR) is 56.5 cm³/mol. The number of hydrogen-bond acceptors (Lipinski definition) is 1. The molecule has 2 heteroatoms. The lowest BCUT2D eigenvalue weighted by Crippen LogP contribution is -1.87. The Hall–Kier alpha value is -0.950. The number of hydrogen-bond donors (Lipinski definition) is 0. The average Bonchev–Trinajstić information content (AvgIpc) is 2.14. The zero-order valence-electron chi connectivity index (χ0n) is 7.72. The highest BCUT2D eigenvalue weighted by molar-refractivity contribution is 6.30. The van der Waals surface area contributed by atoms with Gasteiger partial charge in [0.25, 0.3) is 0 Å². The van der Waals surface area contributed by atoms with Crippen molar-refractivity contribution in [2.45, 2.75) is 12.8 Å². The van der Waals surface area contributed by atoms with Gasteiger partial charge in [-0.2, -0.15) is 0 Å². The molecular weight excluding hydrogens is 184 g/mol. The Labute approximate surface area is 84.0 Å². The predicted octanol–water partition coefficient (Wildman–Crippen LogP) is 3.47. The van der Waals surface area contributed by atoms with Crippen molar-refractivity contribution in [1.29, 1.82) is 0 Å². The minimum Gasteiger partial charge on any atom is -0.497 e. The minimum atomic E-state index is 0.721. The van der Waals surface area contributed by atoms with E-state index in [1.807, 2.05) is 18.2 Å². The highest BCUT2D eigenvalue weighted by atomic mass is 35.5. The molecule has 1 nitrogen and oxygen atoms in total. The van der Waals surface area contributed by atoms with Gasteiger partial charge in [0.15, 0.2) is 0 Å². The standard InChI is InChI=1S/C11H13ClO/c1-3-4-5-9-6-10(12)8-11(7-9)13-2/h3,6-8H,1,4-5H2,2H3. The van der Waals surface area contributed by atoms with Crippen LogP contribution in [0, 0.1) is 0 Å². The summed E-state index contributed by atoms with van der Waals surface area (Å²) in [4.78, 5) is 0. The smallest absolute Gasteiger partial charge is 0.120 e. The van der Waals surface area contributed by atoms with Crippen LogP contribution in [0.4, 0.5) is 0 Å². The fourth-order valence-electron chi connectivity index (χ4n) is 1.15. The quantitative estimate of drug-likeness (QED) is 0.671. The molecule has 1 aromatic rings. The molecule has 0 spiro atoms. The lowest BCUT2D eigenvalue weighted by molar-refractivity contribution is 0.414. The summed E-state index contributed by atoms with van der Waals surface area (Å²) < 4.78 is 5.11. The van der Waals surface area contributed by atoms with E-state index in [1.54, 1.807) is 13.2 Å². The summed E-state index contributed by atoms with van der Waals surface area (Å²) in [6.07, 6.45) is 3.82. The first-order valence-corrected chi connectivity index (χ1v) is 4.58. The number of aryl methyl sites for hydroxylation is 1. The Morgan fingerprint density at radius 2 is 2.23 bits per heavy atom. The maximum Gasteiger partial charge on any atom is 0.120 e. The molecule has 0 saturated heterocycles. The molecule has 0 N–H and O–H groups in total. The van der Waals surface area contributed by atoms with Gasteiger partial charge in [-0.05, 0) is 36.6 Å². The van der Waals surface area contributed by atoms with E-state index in [1.165, 1.54) is 5.56 Å². The maximum atomic E-state index is 5.90. The second-order valence-corrected chi connectivity index (χ2v) is 3.26. The third-order valence-electron chi connectivity index (χ3n) is 1.80. The van der Waals surface area contributed by atoms with Gasteiger partial charge in [0.1, 0.15) is 5.75 Å². The number of halogens is 1. The van der Waals surface area contributed by atoms with E-state index >= 15 is 0 Å². The van der Waals surface area contributed by atoms with E-state index in [2.05, 4.69) is 6.58 Å². The van der Waals surface area contributed by atoms with Gasteiger partial charge in [-0.15, -0.1) is 6.58 Å². The van der Waals surface area contributed by atoms with Gasteiger partial charge in [-0.3, -0.25) is 0 Å². The van der Waals surface area contributed by atoms with E-state index < -0.39 is 0 Å². The molecule has 70 valence electrons. The van der Waals surface area contributed by atoms with Crippen LogP contribution in [-0.2, 0) is 6.42 Å². The molecule has 0 aliphatic rings. The van der Waals surface area contributed by atoms with E-state index in [0.29, 0.717) is 0 Å².